The largest absolute Gasteiger partial charge is 0.462 e. The van der Waals surface area contributed by atoms with Crippen LogP contribution in [0.5, 0.6) is 0 Å². The fourth-order valence-electron chi connectivity index (χ4n) is 12.3. The summed E-state index contributed by atoms with van der Waals surface area (Å²) >= 11 is 0. The molecule has 0 amide bonds. The Morgan fingerprint density at radius 2 is 0.493 bits per heavy atom. The van der Waals surface area contributed by atoms with Gasteiger partial charge >= 0.3 is 95.5 Å². The molecular formula is C108H128O32. The van der Waals surface area contributed by atoms with Crippen LogP contribution in [0.4, 0.5) is 0 Å². The number of ether oxygens (including phenoxy) is 16. The van der Waals surface area contributed by atoms with E-state index in [1.54, 1.807) is 48.5 Å². The van der Waals surface area contributed by atoms with Crippen molar-refractivity contribution in [2.75, 3.05) is 26.4 Å². The summed E-state index contributed by atoms with van der Waals surface area (Å²) < 4.78 is 78.8. The lowest BCUT2D eigenvalue weighted by atomic mass is 9.80. The normalized spacial score (nSPS) is 16.1. The van der Waals surface area contributed by atoms with Crippen LogP contribution in [-0.4, -0.2) is 146 Å². The monoisotopic (exact) mass is 1940 g/mol. The molecule has 4 aliphatic carbocycles. The minimum atomic E-state index is -0.739. The van der Waals surface area contributed by atoms with Crippen molar-refractivity contribution in [3.05, 3.63) is 358 Å². The molecule has 0 bridgehead atoms. The molecule has 8 rings (SSSR count). The fraction of sp³-hybridized carbons (Fsp3) is 0.315. The van der Waals surface area contributed by atoms with E-state index in [-0.39, 0.29) is 87.8 Å². The van der Waals surface area contributed by atoms with Crippen LogP contribution in [0.1, 0.15) is 136 Å². The van der Waals surface area contributed by atoms with E-state index < -0.39 is 89.5 Å². The van der Waals surface area contributed by atoms with Crippen LogP contribution in [0.15, 0.2) is 324 Å². The molecule has 8 unspecified atom stereocenters. The van der Waals surface area contributed by atoms with Crippen LogP contribution in [0.25, 0.3) is 0 Å². The maximum Gasteiger partial charge on any atom is 0.337 e. The van der Waals surface area contributed by atoms with Gasteiger partial charge in [-0.05, 0) is 147 Å². The first-order valence-electron chi connectivity index (χ1n) is 44.1. The molecule has 4 aliphatic rings. The SMILES string of the molecule is C=CC(=O)OC(=C)OC(=O)C=C.C=CC(=O)OC1CCCC(OC(=O)C=C)C1.C=CC(=O)OC1CCCCC1OC(=O)C=C.C=CC(=O)OCC1CCCC(COC(=O)C=C)C1.C=CC(=O)OCC1CCCCC1COC(=O)C=C.C=CC(=O)OCc1ccc(COC(=O)C=C)cc1.C=CC(=O)OCc1cccc(COC(=O)C=C)c1.C=CC(=O)OCc1ccccc1COC(=O)C=C.c1ccccc1. The quantitative estimate of drug-likeness (QED) is 0.0172. The summed E-state index contributed by atoms with van der Waals surface area (Å²) in [5, 5.41) is 0. The van der Waals surface area contributed by atoms with Crippen molar-refractivity contribution in [2.45, 2.75) is 167 Å². The van der Waals surface area contributed by atoms with Gasteiger partial charge in [0.15, 0.2) is 0 Å². The molecule has 0 heterocycles. The van der Waals surface area contributed by atoms with E-state index in [1.165, 1.54) is 12.2 Å². The predicted molar refractivity (Wildman–Crippen MR) is 520 cm³/mol. The third-order valence-electron chi connectivity index (χ3n) is 19.2. The smallest absolute Gasteiger partial charge is 0.337 e. The summed E-state index contributed by atoms with van der Waals surface area (Å²) in [6.45, 7) is 58.6. The zero-order chi connectivity index (χ0) is 105. The lowest BCUT2D eigenvalue weighted by Gasteiger charge is -2.30. The number of hydrogen-bond acceptors (Lipinski definition) is 32. The summed E-state index contributed by atoms with van der Waals surface area (Å²) in [5.41, 5.74) is 4.90. The van der Waals surface area contributed by atoms with Gasteiger partial charge < -0.3 is 75.8 Å². The molecule has 0 spiro atoms. The highest BCUT2D eigenvalue weighted by atomic mass is 16.7. The average molecular weight is 1940 g/mol. The van der Waals surface area contributed by atoms with Gasteiger partial charge in [0.25, 0.3) is 5.95 Å². The van der Waals surface area contributed by atoms with Crippen molar-refractivity contribution in [2.24, 2.45) is 23.7 Å². The van der Waals surface area contributed by atoms with Crippen LogP contribution < -0.4 is 0 Å². The highest BCUT2D eigenvalue weighted by molar-refractivity contribution is 5.87. The van der Waals surface area contributed by atoms with Gasteiger partial charge in [-0.2, -0.15) is 0 Å². The number of carbonyl (C=O) groups excluding carboxylic acids is 16. The second-order valence-corrected chi connectivity index (χ2v) is 29.4. The molecule has 140 heavy (non-hydrogen) atoms. The Kier molecular flexibility index (Phi) is 69.2. The molecule has 32 nitrogen and oxygen atoms in total. The molecule has 0 N–H and O–H groups in total. The molecule has 752 valence electrons. The van der Waals surface area contributed by atoms with Gasteiger partial charge in [0.1, 0.15) is 64.1 Å². The Hall–Kier alpha value is -16.0. The zero-order valence-corrected chi connectivity index (χ0v) is 79.2. The van der Waals surface area contributed by atoms with Crippen molar-refractivity contribution in [1.82, 2.24) is 0 Å². The molecule has 0 radical (unpaired) electrons. The standard InChI is InChI=1S/C14H14O4.C14H20O4.C14H14O4.C14H20O4.C14H14O4.2C12H16O4.C8H8O4.C6H6/c1-3-13(15)17-9-11-5-7-12(8-6-11)10-18-14(16)4-2;2*1-3-13(15)17-9-11-6-5-7-12(8-11)10-18-14(16)4-2;2*1-3-13(15)17-9-11-7-5-6-8-12(11)10-18-14(16)4-2;1-3-11(13)15-9-6-5-7-10(8-9)16-12(14)4-2;1-3-11(13)15-9-7-5-6-8-10(9)16-12(14)4-2;1-4-7(9)11-6(3)12-8(10)5-2;1-2-4-6-5-3-1/h3-8H,1-2,9-10H2;3-4,11-12H,1-2,5-10H2;3-8H,1-2,9-10H2;3-4,11-12H,1-2,5-10H2;3-8H,1-2,9-10H2;2*3-4,9-10H,1-2,5-8H2;4-5H,1-3H2;1-6H. The molecule has 0 aromatic heterocycles. The first-order valence-corrected chi connectivity index (χ1v) is 44.1. The third-order valence-corrected chi connectivity index (χ3v) is 19.2. The lowest BCUT2D eigenvalue weighted by molar-refractivity contribution is -0.165. The first-order chi connectivity index (χ1) is 67.2. The molecule has 8 atom stereocenters. The van der Waals surface area contributed by atoms with Gasteiger partial charge in [0.2, 0.25) is 0 Å². The highest BCUT2D eigenvalue weighted by Crippen LogP contribution is 2.32. The van der Waals surface area contributed by atoms with Crippen LogP contribution in [0.2, 0.25) is 0 Å². The van der Waals surface area contributed by atoms with Crippen LogP contribution in [0, 0.1) is 23.7 Å². The minimum Gasteiger partial charge on any atom is -0.462 e. The fourth-order valence-corrected chi connectivity index (χ4v) is 12.3. The van der Waals surface area contributed by atoms with Crippen molar-refractivity contribution in [3.8, 4) is 0 Å². The Morgan fingerprint density at radius 1 is 0.236 bits per heavy atom. The Labute approximate surface area is 818 Å². The summed E-state index contributed by atoms with van der Waals surface area (Å²) in [5.74, 6) is -6.87. The topological polar surface area (TPSA) is 421 Å². The third kappa shape index (κ3) is 62.5. The van der Waals surface area contributed by atoms with Crippen LogP contribution in [0.3, 0.4) is 0 Å². The van der Waals surface area contributed by atoms with E-state index in [2.05, 4.69) is 121 Å². The number of carbonyl (C=O) groups is 16. The predicted octanol–water partition coefficient (Wildman–Crippen LogP) is 17.1. The first kappa shape index (κ1) is 124. The van der Waals surface area contributed by atoms with Crippen LogP contribution in [-0.2, 0) is 192 Å². The Morgan fingerprint density at radius 3 is 0.793 bits per heavy atom. The molecule has 0 aliphatic heterocycles. The average Bonchev–Trinajstić information content (AvgIpc) is 0.900. The van der Waals surface area contributed by atoms with E-state index in [9.17, 15) is 76.7 Å². The molecule has 32 heteroatoms. The summed E-state index contributed by atoms with van der Waals surface area (Å²) in [6, 6.07) is 33.7. The van der Waals surface area contributed by atoms with Gasteiger partial charge in [0, 0.05) is 104 Å². The van der Waals surface area contributed by atoms with E-state index >= 15 is 0 Å². The lowest BCUT2D eigenvalue weighted by Crippen LogP contribution is -2.37. The molecule has 4 aromatic carbocycles. The van der Waals surface area contributed by atoms with Gasteiger partial charge in [0.05, 0.1) is 26.4 Å². The minimum absolute atomic E-state index is 0.118. The molecule has 4 fully saturated rings. The maximum absolute atomic E-state index is 11.1. The zero-order valence-electron chi connectivity index (χ0n) is 79.2. The summed E-state index contributed by atoms with van der Waals surface area (Å²) in [4.78, 5) is 175. The molecular weight excluding hydrogens is 1810 g/mol. The number of rotatable bonds is 42. The number of esters is 16. The van der Waals surface area contributed by atoms with Gasteiger partial charge in [-0.25, -0.2) is 76.7 Å². The van der Waals surface area contributed by atoms with Gasteiger partial charge in [-0.3, -0.25) is 0 Å². The molecule has 4 aromatic rings. The Balaban J connectivity index is 0.00000157. The molecule has 0 saturated heterocycles. The highest BCUT2D eigenvalue weighted by Gasteiger charge is 2.32. The van der Waals surface area contributed by atoms with Crippen molar-refractivity contribution >= 4 is 95.5 Å². The van der Waals surface area contributed by atoms with E-state index in [1.807, 2.05) is 60.7 Å². The second-order valence-electron chi connectivity index (χ2n) is 29.4. The van der Waals surface area contributed by atoms with Crippen molar-refractivity contribution in [3.63, 3.8) is 0 Å². The van der Waals surface area contributed by atoms with Crippen molar-refractivity contribution in [1.29, 1.82) is 0 Å². The second kappa shape index (κ2) is 78.2. The number of benzene rings is 4. The van der Waals surface area contributed by atoms with Gasteiger partial charge in [-0.1, -0.05) is 228 Å². The maximum atomic E-state index is 11.1. The van der Waals surface area contributed by atoms with E-state index in [0.29, 0.717) is 57.5 Å². The van der Waals surface area contributed by atoms with Crippen LogP contribution >= 0.6 is 0 Å². The van der Waals surface area contributed by atoms with E-state index in [0.717, 1.165) is 202 Å². The Bertz CT molecular complexity index is 4500. The van der Waals surface area contributed by atoms with Crippen molar-refractivity contribution < 1.29 is 153 Å². The molecule has 4 saturated carbocycles. The summed E-state index contributed by atoms with van der Waals surface area (Å²) in [7, 11) is 0. The van der Waals surface area contributed by atoms with Gasteiger partial charge in [-0.15, -0.1) is 0 Å². The number of hydrogen-bond donors (Lipinski definition) is 0. The van der Waals surface area contributed by atoms with E-state index in [4.69, 9.17) is 66.3 Å². The summed E-state index contributed by atoms with van der Waals surface area (Å²) in [6.07, 6.45) is 31.4.